The number of hydrogen-bond donors (Lipinski definition) is 0. The molecule has 39 heavy (non-hydrogen) atoms. The van der Waals surface area contributed by atoms with E-state index in [4.69, 9.17) is 32.7 Å². The topological polar surface area (TPSA) is 64.6 Å². The van der Waals surface area contributed by atoms with Gasteiger partial charge in [0.1, 0.15) is 0 Å². The van der Waals surface area contributed by atoms with Crippen molar-refractivity contribution in [2.24, 2.45) is 0 Å². The van der Waals surface area contributed by atoms with Crippen LogP contribution < -0.4 is 9.79 Å². The molecule has 2 atom stereocenters. The van der Waals surface area contributed by atoms with Crippen molar-refractivity contribution in [2.45, 2.75) is 177 Å². The average Bonchev–Trinajstić information content (AvgIpc) is 2.78. The van der Waals surface area contributed by atoms with Crippen LogP contribution in [0.5, 0.6) is 0 Å². The minimum absolute atomic E-state index is 0. The Labute approximate surface area is 271 Å². The van der Waals surface area contributed by atoms with E-state index in [1.54, 1.807) is 0 Å². The molecular formula is C28H52O4P2S4Zn. The molecule has 224 valence electrons. The molecular weight excluding hydrogens is 656 g/mol. The molecule has 4 saturated carbocycles. The minimum atomic E-state index is -2.96. The molecule has 4 nitrogen and oxygen atoms in total. The molecule has 0 amide bonds. The molecule has 4 aliphatic carbocycles. The van der Waals surface area contributed by atoms with Crippen molar-refractivity contribution in [1.82, 2.24) is 0 Å². The van der Waals surface area contributed by atoms with Crippen LogP contribution >= 0.6 is 34.2 Å². The van der Waals surface area contributed by atoms with Gasteiger partial charge in [-0.15, -0.1) is 22.8 Å². The van der Waals surface area contributed by atoms with E-state index >= 15 is 0 Å². The second kappa shape index (κ2) is 16.2. The third-order valence-corrected chi connectivity index (χ3v) is 18.7. The summed E-state index contributed by atoms with van der Waals surface area (Å²) in [6, 6.07) is 0. The molecule has 0 aromatic carbocycles. The number of rotatable bonds is 8. The minimum Gasteiger partial charge on any atom is -0.793 e. The summed E-state index contributed by atoms with van der Waals surface area (Å²) < 4.78 is 12.1. The van der Waals surface area contributed by atoms with Crippen LogP contribution in [0.4, 0.5) is 0 Å². The summed E-state index contributed by atoms with van der Waals surface area (Å²) in [6.07, 6.45) is 23.3. The third-order valence-electron chi connectivity index (χ3n) is 8.97. The Bertz CT molecular complexity index is 709. The van der Waals surface area contributed by atoms with Gasteiger partial charge in [0.25, 0.3) is 0 Å². The second-order valence-corrected chi connectivity index (χ2v) is 26.0. The summed E-state index contributed by atoms with van der Waals surface area (Å²) in [5, 5.41) is 0. The molecule has 0 radical (unpaired) electrons. The Morgan fingerprint density at radius 2 is 0.718 bits per heavy atom. The molecule has 0 spiro atoms. The van der Waals surface area contributed by atoms with Gasteiger partial charge in [-0.05, 0) is 65.2 Å². The monoisotopic (exact) mass is 706 g/mol. The molecule has 4 rings (SSSR count). The van der Waals surface area contributed by atoms with Crippen molar-refractivity contribution < 1.29 is 38.3 Å². The van der Waals surface area contributed by atoms with Crippen LogP contribution in [0, 0.1) is 0 Å². The van der Waals surface area contributed by atoms with E-state index < -0.39 is 11.4 Å². The van der Waals surface area contributed by atoms with Gasteiger partial charge >= 0.3 is 19.5 Å². The van der Waals surface area contributed by atoms with Crippen LogP contribution in [-0.2, 0) is 52.1 Å². The molecule has 0 heterocycles. The van der Waals surface area contributed by atoms with Gasteiger partial charge in [0.15, 0.2) is 0 Å². The van der Waals surface area contributed by atoms with Crippen molar-refractivity contribution >= 4 is 57.8 Å². The van der Waals surface area contributed by atoms with Crippen molar-refractivity contribution in [1.29, 1.82) is 0 Å². The summed E-state index contributed by atoms with van der Waals surface area (Å²) in [7, 11) is 0. The van der Waals surface area contributed by atoms with E-state index in [1.807, 2.05) is 0 Å². The first kappa shape index (κ1) is 37.6. The first-order valence-corrected chi connectivity index (χ1v) is 23.2. The van der Waals surface area contributed by atoms with Gasteiger partial charge in [-0.3, -0.25) is 0 Å². The predicted molar refractivity (Wildman–Crippen MR) is 172 cm³/mol. The summed E-state index contributed by atoms with van der Waals surface area (Å²) in [6.45, 7) is 8.61. The van der Waals surface area contributed by atoms with Crippen molar-refractivity contribution in [3.8, 4) is 0 Å². The van der Waals surface area contributed by atoms with Gasteiger partial charge in [-0.25, -0.2) is 0 Å². The molecule has 0 saturated heterocycles. The van der Waals surface area contributed by atoms with Crippen LogP contribution in [0.15, 0.2) is 0 Å². The van der Waals surface area contributed by atoms with Gasteiger partial charge < -0.3 is 18.8 Å². The van der Waals surface area contributed by atoms with Crippen LogP contribution in [0.2, 0.25) is 0 Å². The summed E-state index contributed by atoms with van der Waals surface area (Å²) in [5.74, 6) is 0. The molecule has 11 heteroatoms. The maximum atomic E-state index is 12.7. The van der Waals surface area contributed by atoms with Gasteiger partial charge in [-0.2, -0.15) is 0 Å². The SMILES string of the molecule is CC1(OP([O-])(=S)SC2(C)CCCCC2)CCCCC1.CC1(OP([O-])(=S)SC2(C)CCCCC2)CCCCC1.[Zn+2]. The fourth-order valence-corrected chi connectivity index (χ4v) is 20.2. The van der Waals surface area contributed by atoms with Gasteiger partial charge in [0.2, 0.25) is 0 Å². The fraction of sp³-hybridized carbons (Fsp3) is 1.00. The zero-order valence-corrected chi connectivity index (χ0v) is 33.0. The van der Waals surface area contributed by atoms with Crippen molar-refractivity contribution in [3.63, 3.8) is 0 Å². The van der Waals surface area contributed by atoms with E-state index in [0.29, 0.717) is 0 Å². The standard InChI is InChI=1S/2C14H27O2PS2.Zn/c2*1-13(9-5-3-6-10-13)16-17(15,18)19-14(2)11-7-4-8-12-14;/h2*3-12H2,1-2H3,(H,15,18);/q;;+2/p-2. The zero-order chi connectivity index (χ0) is 28.0. The zero-order valence-electron chi connectivity index (χ0n) is 25.0. The summed E-state index contributed by atoms with van der Waals surface area (Å²) >= 11 is 13.6. The Kier molecular flexibility index (Phi) is 15.6. The fourth-order valence-electron chi connectivity index (χ4n) is 6.68. The van der Waals surface area contributed by atoms with Gasteiger partial charge in [-0.1, -0.05) is 115 Å². The molecule has 2 unspecified atom stereocenters. The quantitative estimate of drug-likeness (QED) is 0.183. The molecule has 4 fully saturated rings. The van der Waals surface area contributed by atoms with E-state index in [-0.39, 0.29) is 40.2 Å². The Morgan fingerprint density at radius 3 is 0.974 bits per heavy atom. The van der Waals surface area contributed by atoms with Crippen molar-refractivity contribution in [3.05, 3.63) is 0 Å². The van der Waals surface area contributed by atoms with Gasteiger partial charge in [0.05, 0.1) is 11.2 Å². The Morgan fingerprint density at radius 1 is 0.487 bits per heavy atom. The molecule has 0 aliphatic heterocycles. The largest absolute Gasteiger partial charge is 2.00 e. The van der Waals surface area contributed by atoms with E-state index in [1.165, 1.54) is 99.8 Å². The molecule has 0 aromatic heterocycles. The predicted octanol–water partition coefficient (Wildman–Crippen LogP) is 9.53. The first-order valence-electron chi connectivity index (χ1n) is 15.1. The first-order chi connectivity index (χ1) is 17.7. The second-order valence-electron chi connectivity index (χ2n) is 13.3. The van der Waals surface area contributed by atoms with Gasteiger partial charge in [0, 0.05) is 20.9 Å². The molecule has 0 bridgehead atoms. The Hall–Kier alpha value is 2.46. The summed E-state index contributed by atoms with van der Waals surface area (Å²) in [4.78, 5) is 25.4. The molecule has 0 N–H and O–H groups in total. The maximum Gasteiger partial charge on any atom is 2.00 e. The molecule has 0 aromatic rings. The third kappa shape index (κ3) is 13.6. The summed E-state index contributed by atoms with van der Waals surface area (Å²) in [5.41, 5.74) is -6.41. The molecule has 4 aliphatic rings. The van der Waals surface area contributed by atoms with Crippen molar-refractivity contribution in [2.75, 3.05) is 0 Å². The van der Waals surface area contributed by atoms with E-state index in [0.717, 1.165) is 51.4 Å². The average molecular weight is 708 g/mol. The Balaban J connectivity index is 0.000000267. The van der Waals surface area contributed by atoms with E-state index in [9.17, 15) is 9.79 Å². The van der Waals surface area contributed by atoms with Crippen LogP contribution in [0.1, 0.15) is 156 Å². The van der Waals surface area contributed by atoms with Crippen LogP contribution in [0.25, 0.3) is 0 Å². The van der Waals surface area contributed by atoms with Crippen LogP contribution in [0.3, 0.4) is 0 Å². The number of hydrogen-bond acceptors (Lipinski definition) is 8. The maximum absolute atomic E-state index is 12.7. The smallest absolute Gasteiger partial charge is 0.793 e. The van der Waals surface area contributed by atoms with E-state index in [2.05, 4.69) is 27.7 Å². The normalized spacial score (nSPS) is 28.9. The van der Waals surface area contributed by atoms with Crippen LogP contribution in [-0.4, -0.2) is 20.7 Å².